The van der Waals surface area contributed by atoms with E-state index in [1.165, 1.54) is 95.5 Å². The molecule has 0 spiro atoms. The lowest BCUT2D eigenvalue weighted by Gasteiger charge is -2.04. The van der Waals surface area contributed by atoms with Gasteiger partial charge in [0.15, 0.2) is 12.4 Å². The Hall–Kier alpha value is -0.890. The lowest BCUT2D eigenvalue weighted by Crippen LogP contribution is -2.34. The topological polar surface area (TPSA) is 13.1 Å². The van der Waals surface area contributed by atoms with Crippen LogP contribution in [-0.2, 0) is 17.9 Å². The van der Waals surface area contributed by atoms with E-state index in [9.17, 15) is 0 Å². The first kappa shape index (κ1) is 23.1. The van der Waals surface area contributed by atoms with E-state index in [0.717, 1.165) is 13.0 Å². The molecule has 0 aliphatic heterocycles. The Bertz CT molecular complexity index is 418. The molecule has 0 aliphatic rings. The lowest BCUT2D eigenvalue weighted by molar-refractivity contribution is -0.733. The molecule has 2 nitrogen and oxygen atoms in total. The second-order valence-corrected chi connectivity index (χ2v) is 7.71. The number of hydrogen-bond donors (Lipinski definition) is 0. The third kappa shape index (κ3) is 13.3. The number of nitrogens with zero attached hydrogens (tertiary/aromatic N) is 1. The average Bonchev–Trinajstić information content (AvgIpc) is 2.68. The third-order valence-corrected chi connectivity index (χ3v) is 5.21. The number of hydrogen-bond acceptors (Lipinski definition) is 1. The highest BCUT2D eigenvalue weighted by atomic mass is 16.5. The van der Waals surface area contributed by atoms with Crippen LogP contribution in [0, 0.1) is 0 Å². The zero-order chi connectivity index (χ0) is 18.7. The summed E-state index contributed by atoms with van der Waals surface area (Å²) in [5.74, 6) is 0. The quantitative estimate of drug-likeness (QED) is 0.202. The van der Waals surface area contributed by atoms with Crippen LogP contribution in [0.3, 0.4) is 0 Å². The molecule has 1 heterocycles. The molecule has 0 aliphatic carbocycles. The smallest absolute Gasteiger partial charge is 0.252 e. The normalized spacial score (nSPS) is 11.2. The van der Waals surface area contributed by atoms with Gasteiger partial charge in [0, 0.05) is 11.6 Å². The van der Waals surface area contributed by atoms with Crippen molar-refractivity contribution in [1.29, 1.82) is 0 Å². The van der Waals surface area contributed by atoms with E-state index in [1.54, 1.807) is 0 Å². The van der Waals surface area contributed by atoms with Crippen LogP contribution < -0.4 is 4.57 Å². The molecule has 1 aromatic heterocycles. The number of aromatic nitrogens is 1. The van der Waals surface area contributed by atoms with Crippen molar-refractivity contribution in [3.8, 4) is 0 Å². The van der Waals surface area contributed by atoms with Gasteiger partial charge >= 0.3 is 0 Å². The van der Waals surface area contributed by atoms with Crippen molar-refractivity contribution in [2.75, 3.05) is 6.61 Å². The van der Waals surface area contributed by atoms with Gasteiger partial charge in [0.2, 0.25) is 0 Å². The summed E-state index contributed by atoms with van der Waals surface area (Å²) < 4.78 is 7.93. The van der Waals surface area contributed by atoms with Crippen LogP contribution in [0.5, 0.6) is 0 Å². The largest absolute Gasteiger partial charge is 0.323 e. The summed E-state index contributed by atoms with van der Waals surface area (Å²) in [6, 6.07) is 4.28. The number of aryl methyl sites for hydroxylation is 1. The first-order valence-corrected chi connectivity index (χ1v) is 11.4. The molecule has 0 saturated heterocycles. The molecule has 0 unspecified atom stereocenters. The first-order chi connectivity index (χ1) is 12.9. The van der Waals surface area contributed by atoms with Crippen LogP contribution >= 0.6 is 0 Å². The molecule has 0 amide bonds. The van der Waals surface area contributed by atoms with E-state index >= 15 is 0 Å². The maximum Gasteiger partial charge on any atom is 0.252 e. The van der Waals surface area contributed by atoms with Gasteiger partial charge in [0.05, 0.1) is 6.61 Å². The molecule has 0 atom stereocenters. The molecule has 26 heavy (non-hydrogen) atoms. The number of ether oxygens (including phenoxy) is 1. The van der Waals surface area contributed by atoms with Gasteiger partial charge in [-0.3, -0.25) is 0 Å². The molecule has 2 heteroatoms. The van der Waals surface area contributed by atoms with Gasteiger partial charge in [-0.05, 0) is 18.9 Å². The molecule has 0 fully saturated rings. The molecular formula is C24H44NO+. The van der Waals surface area contributed by atoms with E-state index in [2.05, 4.69) is 42.9 Å². The SMILES string of the molecule is CCCCCCCCCCCCCCCCOC[n+]1cccc(CC)c1. The molecule has 0 aromatic carbocycles. The van der Waals surface area contributed by atoms with Gasteiger partial charge in [-0.1, -0.05) is 97.3 Å². The molecule has 150 valence electrons. The summed E-state index contributed by atoms with van der Waals surface area (Å²) in [7, 11) is 0. The summed E-state index contributed by atoms with van der Waals surface area (Å²) in [5.41, 5.74) is 1.37. The Morgan fingerprint density at radius 2 is 1.27 bits per heavy atom. The summed E-state index contributed by atoms with van der Waals surface area (Å²) in [6.07, 6.45) is 25.0. The number of pyridine rings is 1. The maximum atomic E-state index is 5.79. The van der Waals surface area contributed by atoms with Crippen molar-refractivity contribution >= 4 is 0 Å². The van der Waals surface area contributed by atoms with Crippen LogP contribution in [0.25, 0.3) is 0 Å². The van der Waals surface area contributed by atoms with E-state index in [1.807, 2.05) is 0 Å². The third-order valence-electron chi connectivity index (χ3n) is 5.21. The summed E-state index contributed by atoms with van der Waals surface area (Å²) >= 11 is 0. The second-order valence-electron chi connectivity index (χ2n) is 7.71. The Labute approximate surface area is 163 Å². The van der Waals surface area contributed by atoms with Gasteiger partial charge in [0.1, 0.15) is 0 Å². The van der Waals surface area contributed by atoms with Crippen LogP contribution in [0.4, 0.5) is 0 Å². The minimum atomic E-state index is 0.687. The Balaban J connectivity index is 1.78. The monoisotopic (exact) mass is 362 g/mol. The molecule has 1 rings (SSSR count). The van der Waals surface area contributed by atoms with Crippen molar-refractivity contribution in [3.05, 3.63) is 30.1 Å². The van der Waals surface area contributed by atoms with Crippen LogP contribution in [-0.4, -0.2) is 6.61 Å². The van der Waals surface area contributed by atoms with Crippen molar-refractivity contribution < 1.29 is 9.30 Å². The highest BCUT2D eigenvalue weighted by Crippen LogP contribution is 2.12. The minimum absolute atomic E-state index is 0.687. The summed E-state index contributed by atoms with van der Waals surface area (Å²) in [6.45, 7) is 6.06. The van der Waals surface area contributed by atoms with Gasteiger partial charge < -0.3 is 4.74 Å². The average molecular weight is 363 g/mol. The molecule has 1 aromatic rings. The van der Waals surface area contributed by atoms with Crippen molar-refractivity contribution in [3.63, 3.8) is 0 Å². The van der Waals surface area contributed by atoms with E-state index < -0.39 is 0 Å². The Kier molecular flexibility index (Phi) is 15.6. The summed E-state index contributed by atoms with van der Waals surface area (Å²) in [5, 5.41) is 0. The number of unbranched alkanes of at least 4 members (excludes halogenated alkanes) is 13. The van der Waals surface area contributed by atoms with Crippen molar-refractivity contribution in [2.45, 2.75) is 117 Å². The van der Waals surface area contributed by atoms with Crippen molar-refractivity contribution in [1.82, 2.24) is 0 Å². The minimum Gasteiger partial charge on any atom is -0.323 e. The zero-order valence-electron chi connectivity index (χ0n) is 17.7. The number of rotatable bonds is 18. The first-order valence-electron chi connectivity index (χ1n) is 11.4. The van der Waals surface area contributed by atoms with E-state index in [-0.39, 0.29) is 0 Å². The second kappa shape index (κ2) is 17.5. The molecule has 0 radical (unpaired) electrons. The Morgan fingerprint density at radius 1 is 0.731 bits per heavy atom. The van der Waals surface area contributed by atoms with Gasteiger partial charge in [-0.15, -0.1) is 0 Å². The molecular weight excluding hydrogens is 318 g/mol. The van der Waals surface area contributed by atoms with Crippen LogP contribution in [0.15, 0.2) is 24.5 Å². The maximum absolute atomic E-state index is 5.79. The molecule has 0 saturated carbocycles. The van der Waals surface area contributed by atoms with Crippen LogP contribution in [0.2, 0.25) is 0 Å². The van der Waals surface area contributed by atoms with Crippen LogP contribution in [0.1, 0.15) is 109 Å². The lowest BCUT2D eigenvalue weighted by atomic mass is 10.0. The predicted octanol–water partition coefficient (Wildman–Crippen LogP) is 6.99. The highest BCUT2D eigenvalue weighted by Gasteiger charge is 2.01. The molecule has 0 N–H and O–H groups in total. The van der Waals surface area contributed by atoms with Crippen molar-refractivity contribution in [2.24, 2.45) is 0 Å². The van der Waals surface area contributed by atoms with E-state index in [0.29, 0.717) is 6.73 Å². The predicted molar refractivity (Wildman–Crippen MR) is 112 cm³/mol. The van der Waals surface area contributed by atoms with Gasteiger partial charge in [-0.25, -0.2) is 0 Å². The molecule has 0 bridgehead atoms. The highest BCUT2D eigenvalue weighted by molar-refractivity contribution is 5.04. The zero-order valence-corrected chi connectivity index (χ0v) is 17.7. The Morgan fingerprint density at radius 3 is 1.81 bits per heavy atom. The fourth-order valence-corrected chi connectivity index (χ4v) is 3.43. The standard InChI is InChI=1S/C24H44NO/c1-3-5-6-7-8-9-10-11-12-13-14-15-16-17-21-26-23-25-20-18-19-24(4-2)22-25/h18-20,22H,3-17,21,23H2,1-2H3/q+1. The fourth-order valence-electron chi connectivity index (χ4n) is 3.43. The summed E-state index contributed by atoms with van der Waals surface area (Å²) in [4.78, 5) is 0. The van der Waals surface area contributed by atoms with Gasteiger partial charge in [-0.2, -0.15) is 4.57 Å². The fraction of sp³-hybridized carbons (Fsp3) is 0.792. The van der Waals surface area contributed by atoms with Gasteiger partial charge in [0.25, 0.3) is 6.73 Å². The van der Waals surface area contributed by atoms with E-state index in [4.69, 9.17) is 4.74 Å².